The maximum absolute atomic E-state index is 12.9. The van der Waals surface area contributed by atoms with Gasteiger partial charge in [0.05, 0.1) is 11.4 Å². The Bertz CT molecular complexity index is 1280. The highest BCUT2D eigenvalue weighted by molar-refractivity contribution is 7.13. The minimum atomic E-state index is -0.242. The second-order valence-corrected chi connectivity index (χ2v) is 8.56. The lowest BCUT2D eigenvalue weighted by molar-refractivity contribution is -0.114. The molecule has 0 spiro atoms. The maximum Gasteiger partial charge on any atom is 0.251 e. The molecular weight excluding hydrogens is 446 g/mol. The van der Waals surface area contributed by atoms with E-state index in [1.807, 2.05) is 71.8 Å². The van der Waals surface area contributed by atoms with Crippen molar-refractivity contribution in [3.05, 3.63) is 87.9 Å². The molecule has 5 rings (SSSR count). The van der Waals surface area contributed by atoms with Gasteiger partial charge in [-0.05, 0) is 46.7 Å². The Labute approximate surface area is 193 Å². The number of fused-ring (bicyclic) bond motifs is 1. The van der Waals surface area contributed by atoms with E-state index in [2.05, 4.69) is 31.9 Å². The first-order valence-electron chi connectivity index (χ1n) is 9.88. The fraction of sp³-hybridized carbons (Fsp3) is 0.136. The van der Waals surface area contributed by atoms with Gasteiger partial charge in [0.1, 0.15) is 12.6 Å². The molecule has 1 amide bonds. The predicted molar refractivity (Wildman–Crippen MR) is 125 cm³/mol. The molecule has 0 bridgehead atoms. The van der Waals surface area contributed by atoms with Crippen molar-refractivity contribution in [1.82, 2.24) is 25.2 Å². The third-order valence-corrected chi connectivity index (χ3v) is 6.16. The highest BCUT2D eigenvalue weighted by Crippen LogP contribution is 2.36. The van der Waals surface area contributed by atoms with E-state index in [0.717, 1.165) is 22.5 Å². The number of hydrogen-bond donors (Lipinski definition) is 1. The Morgan fingerprint density at radius 1 is 1.16 bits per heavy atom. The van der Waals surface area contributed by atoms with Crippen molar-refractivity contribution in [2.75, 3.05) is 16.8 Å². The van der Waals surface area contributed by atoms with Crippen molar-refractivity contribution in [3.63, 3.8) is 0 Å². The molecule has 8 nitrogen and oxygen atoms in total. The molecule has 0 fully saturated rings. The van der Waals surface area contributed by atoms with Crippen molar-refractivity contribution in [2.24, 2.45) is 0 Å². The van der Waals surface area contributed by atoms with Crippen LogP contribution in [0.25, 0.3) is 5.70 Å². The van der Waals surface area contributed by atoms with Gasteiger partial charge in [-0.15, -0.1) is 11.3 Å². The lowest BCUT2D eigenvalue weighted by Crippen LogP contribution is -2.37. The molecule has 1 aliphatic heterocycles. The minimum Gasteiger partial charge on any atom is -0.300 e. The minimum absolute atomic E-state index is 0.0348. The summed E-state index contributed by atoms with van der Waals surface area (Å²) in [6, 6.07) is 17.2. The van der Waals surface area contributed by atoms with Crippen molar-refractivity contribution >= 4 is 45.6 Å². The van der Waals surface area contributed by atoms with Crippen LogP contribution < -0.4 is 10.2 Å². The van der Waals surface area contributed by atoms with Crippen LogP contribution in [0.2, 0.25) is 5.02 Å². The number of thiazole rings is 1. The van der Waals surface area contributed by atoms with Gasteiger partial charge in [0.15, 0.2) is 5.13 Å². The van der Waals surface area contributed by atoms with E-state index >= 15 is 0 Å². The summed E-state index contributed by atoms with van der Waals surface area (Å²) in [5.41, 5.74) is 3.65. The Morgan fingerprint density at radius 3 is 2.66 bits per heavy atom. The summed E-state index contributed by atoms with van der Waals surface area (Å²) in [6.07, 6.45) is 2.06. The summed E-state index contributed by atoms with van der Waals surface area (Å²) in [7, 11) is 0. The number of nitrogens with zero attached hydrogens (tertiary/aromatic N) is 6. The highest BCUT2D eigenvalue weighted by atomic mass is 35.5. The molecule has 1 aliphatic rings. The summed E-state index contributed by atoms with van der Waals surface area (Å²) in [4.78, 5) is 19.0. The van der Waals surface area contributed by atoms with Gasteiger partial charge in [-0.1, -0.05) is 59.2 Å². The average molecular weight is 464 g/mol. The van der Waals surface area contributed by atoms with Crippen LogP contribution in [0.1, 0.15) is 22.9 Å². The average Bonchev–Trinajstić information content (AvgIpc) is 3.44. The van der Waals surface area contributed by atoms with Crippen LogP contribution in [-0.2, 0) is 4.79 Å². The van der Waals surface area contributed by atoms with Crippen LogP contribution >= 0.6 is 22.9 Å². The summed E-state index contributed by atoms with van der Waals surface area (Å²) >= 11 is 7.47. The molecule has 2 aromatic carbocycles. The van der Waals surface area contributed by atoms with Crippen LogP contribution in [0.15, 0.2) is 66.1 Å². The summed E-state index contributed by atoms with van der Waals surface area (Å²) < 4.78 is 1.70. The molecule has 10 heteroatoms. The van der Waals surface area contributed by atoms with E-state index in [1.165, 1.54) is 11.3 Å². The van der Waals surface area contributed by atoms with Gasteiger partial charge < -0.3 is 5.32 Å². The highest BCUT2D eigenvalue weighted by Gasteiger charge is 2.32. The third-order valence-electron chi connectivity index (χ3n) is 5.04. The number of aromatic nitrogens is 5. The van der Waals surface area contributed by atoms with Gasteiger partial charge in [0.25, 0.3) is 5.95 Å². The van der Waals surface area contributed by atoms with Gasteiger partial charge >= 0.3 is 0 Å². The topological polar surface area (TPSA) is 88.8 Å². The standard InChI is InChI=1S/C22H18ClN7OS/c1-14-13-32-21(24-14)25-20(31)12-29-18(15-5-3-2-4-6-15)11-19(30-22(29)26-27-28-30)16-7-9-17(23)10-8-16/h2-11,13,19H,12H2,1H3,(H,24,25,31)/t19-/m1/s1. The summed E-state index contributed by atoms with van der Waals surface area (Å²) in [5, 5.41) is 18.3. The van der Waals surface area contributed by atoms with Crippen molar-refractivity contribution in [3.8, 4) is 0 Å². The molecule has 4 aromatic rings. The van der Waals surface area contributed by atoms with Crippen molar-refractivity contribution in [2.45, 2.75) is 13.0 Å². The quantitative estimate of drug-likeness (QED) is 0.477. The number of aryl methyl sites for hydroxylation is 1. The van der Waals surface area contributed by atoms with E-state index < -0.39 is 0 Å². The molecule has 1 atom stereocenters. The molecule has 2 aromatic heterocycles. The number of nitrogens with one attached hydrogen (secondary N) is 1. The monoisotopic (exact) mass is 463 g/mol. The second kappa shape index (κ2) is 8.52. The van der Waals surface area contributed by atoms with Crippen LogP contribution in [0.4, 0.5) is 11.1 Å². The molecule has 3 heterocycles. The number of anilines is 2. The number of carbonyl (C=O) groups excluding carboxylic acids is 1. The van der Waals surface area contributed by atoms with Gasteiger partial charge in [0.2, 0.25) is 5.91 Å². The molecule has 0 saturated carbocycles. The molecule has 1 N–H and O–H groups in total. The summed E-state index contributed by atoms with van der Waals surface area (Å²) in [5.74, 6) is 0.275. The first-order chi connectivity index (χ1) is 15.6. The zero-order valence-electron chi connectivity index (χ0n) is 17.0. The lowest BCUT2D eigenvalue weighted by atomic mass is 10.0. The van der Waals surface area contributed by atoms with Crippen LogP contribution in [0.5, 0.6) is 0 Å². The first-order valence-corrected chi connectivity index (χ1v) is 11.1. The molecule has 32 heavy (non-hydrogen) atoms. The Balaban J connectivity index is 1.53. The molecule has 0 unspecified atom stereocenters. The molecular formula is C22H18ClN7OS. The van der Waals surface area contributed by atoms with Gasteiger partial charge in [0, 0.05) is 10.4 Å². The Hall–Kier alpha value is -3.56. The van der Waals surface area contributed by atoms with Gasteiger partial charge in [-0.3, -0.25) is 9.69 Å². The van der Waals surface area contributed by atoms with Crippen LogP contribution in [0, 0.1) is 6.92 Å². The molecule has 0 saturated heterocycles. The number of benzene rings is 2. The van der Waals surface area contributed by atoms with E-state index in [0.29, 0.717) is 16.1 Å². The fourth-order valence-corrected chi connectivity index (χ4v) is 4.42. The zero-order chi connectivity index (χ0) is 22.1. The first kappa shape index (κ1) is 20.3. The molecule has 160 valence electrons. The van der Waals surface area contributed by atoms with Gasteiger partial charge in [-0.25, -0.2) is 4.98 Å². The smallest absolute Gasteiger partial charge is 0.251 e. The third kappa shape index (κ3) is 4.00. The van der Waals surface area contributed by atoms with Crippen LogP contribution in [0.3, 0.4) is 0 Å². The van der Waals surface area contributed by atoms with E-state index in [1.54, 1.807) is 4.68 Å². The van der Waals surface area contributed by atoms with Gasteiger partial charge in [-0.2, -0.15) is 4.68 Å². The van der Waals surface area contributed by atoms with Crippen molar-refractivity contribution < 1.29 is 4.79 Å². The number of allylic oxidation sites excluding steroid dienone is 1. The maximum atomic E-state index is 12.9. The number of amides is 1. The lowest BCUT2D eigenvalue weighted by Gasteiger charge is -2.32. The number of tetrazole rings is 1. The number of hydrogen-bond acceptors (Lipinski definition) is 7. The van der Waals surface area contributed by atoms with E-state index in [4.69, 9.17) is 11.6 Å². The van der Waals surface area contributed by atoms with Crippen LogP contribution in [-0.4, -0.2) is 37.6 Å². The number of halogens is 1. The van der Waals surface area contributed by atoms with Crippen molar-refractivity contribution in [1.29, 1.82) is 0 Å². The second-order valence-electron chi connectivity index (χ2n) is 7.27. The number of rotatable bonds is 5. The normalized spacial score (nSPS) is 15.2. The largest absolute Gasteiger partial charge is 0.300 e. The van der Waals surface area contributed by atoms with E-state index in [9.17, 15) is 4.79 Å². The zero-order valence-corrected chi connectivity index (χ0v) is 18.6. The molecule has 0 aliphatic carbocycles. The summed E-state index contributed by atoms with van der Waals surface area (Å²) in [6.45, 7) is 1.92. The number of carbonyl (C=O) groups is 1. The molecule has 0 radical (unpaired) electrons. The SMILES string of the molecule is Cc1csc(NC(=O)CN2C(c3ccccc3)=C[C@H](c3ccc(Cl)cc3)n3nnnc32)n1. The fourth-order valence-electron chi connectivity index (χ4n) is 3.59. The Morgan fingerprint density at radius 2 is 1.94 bits per heavy atom. The van der Waals surface area contributed by atoms with E-state index in [-0.39, 0.29) is 18.5 Å². The Kier molecular flexibility index (Phi) is 5.42. The predicted octanol–water partition coefficient (Wildman–Crippen LogP) is 4.18.